The molecule has 1 unspecified atom stereocenters. The van der Waals surface area contributed by atoms with E-state index >= 15 is 0 Å². The molecule has 1 amide bonds. The number of thiophene rings is 3. The lowest BCUT2D eigenvalue weighted by molar-refractivity contribution is -0.121. The van der Waals surface area contributed by atoms with Gasteiger partial charge in [0.05, 0.1) is 35.3 Å². The zero-order valence-electron chi connectivity index (χ0n) is 35.2. The average molecular weight is 980 g/mol. The standard InChI is InChI=1S/C17H15ClN4OS.C16H14ClN3OS.C14H12ClN3S/c18-17-20-15(22-7-6-11(8-22)14(19)23)13-12(9-24-16(13)21-17)10-4-2-1-3-5-10;17-16-18-14(20-6-8-21-9-7-20)13-12(10-22-15(13)19-16)11-4-2-1-3-5-11;1-18(2)12-11-10(9-6-4-3-5-7-9)8-19-13(11)17-14(15)16-12/h1-5,9,11H,6-8H2,(H2,19,23);1-5,10H,6-9H2;3-8H,1-2H3. The number of fused-ring (bicyclic) bond motifs is 3. The van der Waals surface area contributed by atoms with Gasteiger partial charge in [0.2, 0.25) is 21.8 Å². The number of amides is 1. The number of hydrogen-bond donors (Lipinski definition) is 1. The van der Waals surface area contributed by atoms with Crippen LogP contribution >= 0.6 is 68.8 Å². The SMILES string of the molecule is CN(C)c1nc(Cl)nc2scc(-c3ccccc3)c12.Clc1nc(N2CCOCC2)c2c(-c3ccccc3)csc2n1.NC(=O)C1CCN(c2nc(Cl)nc3scc(-c4ccccc4)c23)C1. The minimum atomic E-state index is -0.262. The lowest BCUT2D eigenvalue weighted by Crippen LogP contribution is -2.37. The van der Waals surface area contributed by atoms with Gasteiger partial charge in [-0.25, -0.2) is 15.0 Å². The van der Waals surface area contributed by atoms with Crippen molar-refractivity contribution in [1.82, 2.24) is 29.9 Å². The van der Waals surface area contributed by atoms with Crippen LogP contribution in [-0.4, -0.2) is 89.3 Å². The molecule has 2 aliphatic heterocycles. The second-order valence-electron chi connectivity index (χ2n) is 15.4. The van der Waals surface area contributed by atoms with Crippen molar-refractivity contribution >= 4 is 123 Å². The Morgan fingerprint density at radius 1 is 0.600 bits per heavy atom. The van der Waals surface area contributed by atoms with Gasteiger partial charge in [0.1, 0.15) is 31.9 Å². The number of primary amides is 1. The van der Waals surface area contributed by atoms with E-state index in [4.69, 9.17) is 45.3 Å². The second-order valence-corrected chi connectivity index (χ2v) is 19.0. The Morgan fingerprint density at radius 2 is 1.02 bits per heavy atom. The van der Waals surface area contributed by atoms with Crippen LogP contribution in [0.1, 0.15) is 6.42 Å². The largest absolute Gasteiger partial charge is 0.378 e. The number of nitrogens with two attached hydrogens (primary N) is 1. The van der Waals surface area contributed by atoms with Crippen LogP contribution in [0.4, 0.5) is 17.5 Å². The number of benzene rings is 3. The zero-order chi connectivity index (χ0) is 45.0. The summed E-state index contributed by atoms with van der Waals surface area (Å²) in [4.78, 5) is 46.9. The summed E-state index contributed by atoms with van der Waals surface area (Å²) in [6.45, 7) is 4.39. The Hall–Kier alpha value is -5.52. The Bertz CT molecular complexity index is 3090. The third-order valence-corrected chi connectivity index (χ3v) is 14.2. The molecule has 1 atom stereocenters. The van der Waals surface area contributed by atoms with Gasteiger partial charge in [-0.15, -0.1) is 34.0 Å². The molecule has 0 bridgehead atoms. The maximum atomic E-state index is 11.5. The first kappa shape index (κ1) is 44.7. The number of carbonyl (C=O) groups excluding carboxylic acids is 1. The molecule has 330 valence electrons. The molecule has 0 spiro atoms. The Kier molecular flexibility index (Phi) is 13.7. The molecule has 2 fully saturated rings. The van der Waals surface area contributed by atoms with Crippen molar-refractivity contribution in [2.24, 2.45) is 11.7 Å². The quantitative estimate of drug-likeness (QED) is 0.153. The molecule has 65 heavy (non-hydrogen) atoms. The number of carbonyl (C=O) groups is 1. The highest BCUT2D eigenvalue weighted by Gasteiger charge is 2.30. The van der Waals surface area contributed by atoms with Gasteiger partial charge in [-0.1, -0.05) is 91.0 Å². The molecule has 0 radical (unpaired) electrons. The van der Waals surface area contributed by atoms with Gasteiger partial charge in [-0.2, -0.15) is 15.0 Å². The van der Waals surface area contributed by atoms with Crippen molar-refractivity contribution in [3.8, 4) is 33.4 Å². The fourth-order valence-electron chi connectivity index (χ4n) is 7.93. The molecule has 2 aliphatic rings. The fraction of sp³-hybridized carbons (Fsp3) is 0.213. The Labute approximate surface area is 402 Å². The lowest BCUT2D eigenvalue weighted by Gasteiger charge is -2.28. The number of ether oxygens (including phenoxy) is 1. The van der Waals surface area contributed by atoms with Gasteiger partial charge in [-0.3, -0.25) is 4.79 Å². The summed E-state index contributed by atoms with van der Waals surface area (Å²) in [6, 6.07) is 30.7. The molecular formula is C47H41Cl3N10O2S3. The van der Waals surface area contributed by atoms with Crippen LogP contribution in [0.15, 0.2) is 107 Å². The van der Waals surface area contributed by atoms with Crippen molar-refractivity contribution in [1.29, 1.82) is 0 Å². The molecule has 11 rings (SSSR count). The van der Waals surface area contributed by atoms with Crippen molar-refractivity contribution in [3.05, 3.63) is 123 Å². The van der Waals surface area contributed by atoms with Crippen LogP contribution in [0.3, 0.4) is 0 Å². The number of anilines is 3. The van der Waals surface area contributed by atoms with Gasteiger partial charge in [0.25, 0.3) is 0 Å². The van der Waals surface area contributed by atoms with Crippen molar-refractivity contribution in [2.45, 2.75) is 6.42 Å². The van der Waals surface area contributed by atoms with E-state index in [0.717, 1.165) is 90.8 Å². The van der Waals surface area contributed by atoms with Gasteiger partial charge in [0.15, 0.2) is 0 Å². The van der Waals surface area contributed by atoms with E-state index in [9.17, 15) is 4.79 Å². The molecule has 8 heterocycles. The van der Waals surface area contributed by atoms with Crippen LogP contribution in [0, 0.1) is 5.92 Å². The van der Waals surface area contributed by atoms with Crippen LogP contribution in [0.25, 0.3) is 64.0 Å². The van der Waals surface area contributed by atoms with Gasteiger partial charge in [-0.05, 0) is 57.9 Å². The summed E-state index contributed by atoms with van der Waals surface area (Å²) in [5.74, 6) is 2.15. The van der Waals surface area contributed by atoms with E-state index in [-0.39, 0.29) is 22.4 Å². The molecule has 12 nitrogen and oxygen atoms in total. The zero-order valence-corrected chi connectivity index (χ0v) is 39.9. The van der Waals surface area contributed by atoms with Gasteiger partial charge < -0.3 is 25.2 Å². The minimum absolute atomic E-state index is 0.146. The number of hydrogen-bond acceptors (Lipinski definition) is 14. The van der Waals surface area contributed by atoms with E-state index in [2.05, 4.69) is 92.2 Å². The van der Waals surface area contributed by atoms with Crippen LogP contribution in [0.5, 0.6) is 0 Å². The Balaban J connectivity index is 0.000000124. The molecule has 6 aromatic heterocycles. The van der Waals surface area contributed by atoms with Crippen LogP contribution < -0.4 is 20.4 Å². The predicted octanol–water partition coefficient (Wildman–Crippen LogP) is 11.2. The summed E-state index contributed by atoms with van der Waals surface area (Å²) in [5.41, 5.74) is 12.3. The topological polar surface area (TPSA) is 139 Å². The Morgan fingerprint density at radius 3 is 1.45 bits per heavy atom. The maximum Gasteiger partial charge on any atom is 0.225 e. The molecule has 3 aromatic carbocycles. The summed E-state index contributed by atoms with van der Waals surface area (Å²) < 4.78 is 5.44. The van der Waals surface area contributed by atoms with Crippen molar-refractivity contribution in [2.75, 3.05) is 68.2 Å². The molecule has 0 aliphatic carbocycles. The van der Waals surface area contributed by atoms with E-state index in [0.29, 0.717) is 25.0 Å². The molecule has 2 saturated heterocycles. The molecule has 0 saturated carbocycles. The number of rotatable bonds is 7. The normalized spacial score (nSPS) is 14.9. The van der Waals surface area contributed by atoms with Crippen molar-refractivity contribution < 1.29 is 9.53 Å². The summed E-state index contributed by atoms with van der Waals surface area (Å²) >= 11 is 23.0. The smallest absolute Gasteiger partial charge is 0.225 e. The molecule has 2 N–H and O–H groups in total. The van der Waals surface area contributed by atoms with E-state index in [1.54, 1.807) is 34.0 Å². The lowest BCUT2D eigenvalue weighted by atomic mass is 10.1. The number of morpholine rings is 1. The van der Waals surface area contributed by atoms with Gasteiger partial charge >= 0.3 is 0 Å². The molecule has 18 heteroatoms. The van der Waals surface area contributed by atoms with Crippen molar-refractivity contribution in [3.63, 3.8) is 0 Å². The monoisotopic (exact) mass is 978 g/mol. The maximum absolute atomic E-state index is 11.5. The first-order chi connectivity index (χ1) is 31.6. The van der Waals surface area contributed by atoms with Gasteiger partial charge in [0, 0.05) is 73.1 Å². The van der Waals surface area contributed by atoms with Crippen LogP contribution in [0.2, 0.25) is 15.9 Å². The summed E-state index contributed by atoms with van der Waals surface area (Å²) in [5, 5.41) is 10.3. The number of aromatic nitrogens is 6. The summed E-state index contributed by atoms with van der Waals surface area (Å²) in [6.07, 6.45) is 0.739. The van der Waals surface area contributed by atoms with E-state index < -0.39 is 0 Å². The predicted molar refractivity (Wildman–Crippen MR) is 270 cm³/mol. The number of nitrogens with zero attached hydrogens (tertiary/aromatic N) is 9. The fourth-order valence-corrected chi connectivity index (χ4v) is 11.4. The second kappa shape index (κ2) is 19.9. The molecular weight excluding hydrogens is 939 g/mol. The highest BCUT2D eigenvalue weighted by Crippen LogP contribution is 2.42. The first-order valence-corrected chi connectivity index (χ1v) is 24.4. The first-order valence-electron chi connectivity index (χ1n) is 20.7. The van der Waals surface area contributed by atoms with E-state index in [1.807, 2.05) is 73.6 Å². The third-order valence-electron chi connectivity index (χ3n) is 11.0. The minimum Gasteiger partial charge on any atom is -0.378 e. The number of halogens is 3. The molecule has 9 aromatic rings. The summed E-state index contributed by atoms with van der Waals surface area (Å²) in [7, 11) is 3.93. The third kappa shape index (κ3) is 9.73. The highest BCUT2D eigenvalue weighted by molar-refractivity contribution is 7.18. The van der Waals surface area contributed by atoms with Crippen LogP contribution in [-0.2, 0) is 9.53 Å². The van der Waals surface area contributed by atoms with E-state index in [1.165, 1.54) is 16.7 Å². The highest BCUT2D eigenvalue weighted by atomic mass is 35.5. The average Bonchev–Trinajstić information content (AvgIpc) is 4.16.